The quantitative estimate of drug-likeness (QED) is 0.416. The third kappa shape index (κ3) is 6.46. The van der Waals surface area contributed by atoms with Gasteiger partial charge < -0.3 is 15.0 Å². The maximum absolute atomic E-state index is 13.5. The third-order valence-corrected chi connectivity index (χ3v) is 7.49. The van der Waals surface area contributed by atoms with Crippen LogP contribution in [0.1, 0.15) is 19.0 Å². The smallest absolute Gasteiger partial charge is 0.433 e. The zero-order valence-corrected chi connectivity index (χ0v) is 20.7. The molecule has 198 valence electrons. The Morgan fingerprint density at radius 3 is 2.22 bits per heavy atom. The largest absolute Gasteiger partial charge is 0.494 e. The lowest BCUT2D eigenvalue weighted by molar-refractivity contribution is -0.141. The second-order valence-electron chi connectivity index (χ2n) is 8.28. The monoisotopic (exact) mass is 539 g/mol. The number of anilines is 3. The number of alkyl halides is 3. The van der Waals surface area contributed by atoms with Gasteiger partial charge in [0.05, 0.1) is 11.5 Å². The Kier molecular flexibility index (Phi) is 7.83. The lowest BCUT2D eigenvalue weighted by Crippen LogP contribution is -2.49. The molecule has 1 saturated heterocycles. The Labute approximate surface area is 212 Å². The van der Waals surface area contributed by atoms with Gasteiger partial charge in [-0.05, 0) is 55.0 Å². The van der Waals surface area contributed by atoms with Crippen LogP contribution in [0, 0.1) is 5.82 Å². The Morgan fingerprint density at radius 1 is 0.973 bits per heavy atom. The van der Waals surface area contributed by atoms with Gasteiger partial charge in [0.25, 0.3) is 0 Å². The number of aromatic nitrogens is 2. The molecule has 1 aliphatic heterocycles. The van der Waals surface area contributed by atoms with Gasteiger partial charge in [0.2, 0.25) is 16.0 Å². The van der Waals surface area contributed by atoms with E-state index in [1.54, 1.807) is 12.1 Å². The molecular formula is C24H25F4N5O3S. The number of halogens is 4. The summed E-state index contributed by atoms with van der Waals surface area (Å²) >= 11 is 0. The van der Waals surface area contributed by atoms with Crippen molar-refractivity contribution >= 4 is 27.5 Å². The van der Waals surface area contributed by atoms with Crippen LogP contribution < -0.4 is 15.0 Å². The molecule has 8 nitrogen and oxygen atoms in total. The molecule has 1 aliphatic rings. The third-order valence-electron chi connectivity index (χ3n) is 5.58. The SMILES string of the molecule is CCCOc1ccc(S(=O)(=O)N2CCN(c3nc(Nc4ccc(F)cc4)cc(C(F)(F)F)n3)CC2)cc1. The van der Waals surface area contributed by atoms with Crippen LogP contribution in [-0.2, 0) is 16.2 Å². The number of rotatable bonds is 8. The van der Waals surface area contributed by atoms with Crippen LogP contribution in [0.4, 0.5) is 35.0 Å². The molecule has 0 bridgehead atoms. The van der Waals surface area contributed by atoms with Crippen LogP contribution in [0.5, 0.6) is 5.75 Å². The van der Waals surface area contributed by atoms with Gasteiger partial charge in [-0.1, -0.05) is 6.92 Å². The van der Waals surface area contributed by atoms with Gasteiger partial charge in [-0.2, -0.15) is 22.5 Å². The minimum absolute atomic E-state index is 0.0384. The van der Waals surface area contributed by atoms with Crippen LogP contribution in [0.15, 0.2) is 59.5 Å². The minimum atomic E-state index is -4.73. The summed E-state index contributed by atoms with van der Waals surface area (Å²) in [6, 6.07) is 12.0. The highest BCUT2D eigenvalue weighted by atomic mass is 32.2. The molecule has 2 heterocycles. The molecule has 1 N–H and O–H groups in total. The lowest BCUT2D eigenvalue weighted by Gasteiger charge is -2.34. The number of piperazine rings is 1. The molecule has 1 aromatic heterocycles. The summed E-state index contributed by atoms with van der Waals surface area (Å²) in [5.41, 5.74) is -0.802. The summed E-state index contributed by atoms with van der Waals surface area (Å²) in [5.74, 6) is -0.228. The summed E-state index contributed by atoms with van der Waals surface area (Å²) in [6.07, 6.45) is -3.90. The van der Waals surface area contributed by atoms with Gasteiger partial charge in [0.1, 0.15) is 17.4 Å². The normalized spacial score (nSPS) is 15.0. The predicted octanol–water partition coefficient (Wildman–Crippen LogP) is 4.68. The second kappa shape index (κ2) is 10.9. The molecule has 0 unspecified atom stereocenters. The fourth-order valence-electron chi connectivity index (χ4n) is 3.67. The van der Waals surface area contributed by atoms with Crippen molar-refractivity contribution in [1.82, 2.24) is 14.3 Å². The summed E-state index contributed by atoms with van der Waals surface area (Å²) < 4.78 is 86.7. The van der Waals surface area contributed by atoms with E-state index in [1.807, 2.05) is 6.92 Å². The number of benzene rings is 2. The van der Waals surface area contributed by atoms with Crippen molar-refractivity contribution < 1.29 is 30.7 Å². The molecule has 37 heavy (non-hydrogen) atoms. The molecule has 3 aromatic rings. The first-order valence-corrected chi connectivity index (χ1v) is 13.0. The number of nitrogens with zero attached hydrogens (tertiary/aromatic N) is 4. The van der Waals surface area contributed by atoms with Crippen molar-refractivity contribution in [1.29, 1.82) is 0 Å². The fourth-order valence-corrected chi connectivity index (χ4v) is 5.09. The Bertz CT molecular complexity index is 1310. The zero-order chi connectivity index (χ0) is 26.6. The first-order chi connectivity index (χ1) is 17.6. The van der Waals surface area contributed by atoms with E-state index in [-0.39, 0.29) is 42.8 Å². The molecule has 0 spiro atoms. The summed E-state index contributed by atoms with van der Waals surface area (Å²) in [4.78, 5) is 9.47. The van der Waals surface area contributed by atoms with Crippen molar-refractivity contribution in [3.63, 3.8) is 0 Å². The summed E-state index contributed by atoms with van der Waals surface area (Å²) in [6.45, 7) is 2.74. The fraction of sp³-hybridized carbons (Fsp3) is 0.333. The Balaban J connectivity index is 1.49. The highest BCUT2D eigenvalue weighted by Gasteiger charge is 2.35. The van der Waals surface area contributed by atoms with E-state index in [1.165, 1.54) is 45.6 Å². The van der Waals surface area contributed by atoms with E-state index in [9.17, 15) is 26.0 Å². The Morgan fingerprint density at radius 2 is 1.62 bits per heavy atom. The number of hydrogen-bond donors (Lipinski definition) is 1. The standard InChI is InChI=1S/C24H25F4N5O3S/c1-2-15-36-19-7-9-20(10-8-19)37(34,35)33-13-11-32(12-14-33)23-30-21(24(26,27)28)16-22(31-23)29-18-5-3-17(25)4-6-18/h3-10,16H,2,11-15H2,1H3,(H,29,30,31). The van der Waals surface area contributed by atoms with E-state index < -0.39 is 27.7 Å². The van der Waals surface area contributed by atoms with Crippen molar-refractivity contribution in [3.8, 4) is 5.75 Å². The van der Waals surface area contributed by atoms with Crippen LogP contribution in [0.3, 0.4) is 0 Å². The van der Waals surface area contributed by atoms with Gasteiger partial charge >= 0.3 is 6.18 Å². The van der Waals surface area contributed by atoms with Crippen molar-refractivity contribution in [2.45, 2.75) is 24.4 Å². The topological polar surface area (TPSA) is 87.7 Å². The molecule has 13 heteroatoms. The van der Waals surface area contributed by atoms with Gasteiger partial charge in [0, 0.05) is 37.9 Å². The number of hydrogen-bond acceptors (Lipinski definition) is 7. The van der Waals surface area contributed by atoms with Gasteiger partial charge in [-0.25, -0.2) is 17.8 Å². The average Bonchev–Trinajstić information content (AvgIpc) is 2.88. The van der Waals surface area contributed by atoms with E-state index in [2.05, 4.69) is 15.3 Å². The molecular weight excluding hydrogens is 514 g/mol. The first kappa shape index (κ1) is 26.6. The second-order valence-corrected chi connectivity index (χ2v) is 10.2. The molecule has 0 aliphatic carbocycles. The lowest BCUT2D eigenvalue weighted by atomic mass is 10.3. The first-order valence-electron chi connectivity index (χ1n) is 11.5. The highest BCUT2D eigenvalue weighted by molar-refractivity contribution is 7.89. The minimum Gasteiger partial charge on any atom is -0.494 e. The average molecular weight is 540 g/mol. The maximum atomic E-state index is 13.5. The highest BCUT2D eigenvalue weighted by Crippen LogP contribution is 2.31. The number of ether oxygens (including phenoxy) is 1. The Hall–Kier alpha value is -3.45. The summed E-state index contributed by atoms with van der Waals surface area (Å²) in [7, 11) is -3.80. The van der Waals surface area contributed by atoms with E-state index in [4.69, 9.17) is 4.74 Å². The van der Waals surface area contributed by atoms with Crippen LogP contribution in [0.2, 0.25) is 0 Å². The summed E-state index contributed by atoms with van der Waals surface area (Å²) in [5, 5.41) is 2.73. The molecule has 2 aromatic carbocycles. The van der Waals surface area contributed by atoms with Crippen LogP contribution in [-0.4, -0.2) is 55.5 Å². The number of sulfonamides is 1. The zero-order valence-electron chi connectivity index (χ0n) is 19.9. The van der Waals surface area contributed by atoms with Crippen LogP contribution >= 0.6 is 0 Å². The van der Waals surface area contributed by atoms with Crippen molar-refractivity contribution in [2.75, 3.05) is 43.0 Å². The van der Waals surface area contributed by atoms with E-state index in [0.29, 0.717) is 18.0 Å². The van der Waals surface area contributed by atoms with E-state index >= 15 is 0 Å². The van der Waals surface area contributed by atoms with Crippen molar-refractivity contribution in [2.24, 2.45) is 0 Å². The van der Waals surface area contributed by atoms with Gasteiger partial charge in [0.15, 0.2) is 5.69 Å². The van der Waals surface area contributed by atoms with Gasteiger partial charge in [-0.15, -0.1) is 0 Å². The molecule has 0 radical (unpaired) electrons. The van der Waals surface area contributed by atoms with Crippen molar-refractivity contribution in [3.05, 3.63) is 66.1 Å². The molecule has 4 rings (SSSR count). The molecule has 0 atom stereocenters. The van der Waals surface area contributed by atoms with Crippen LogP contribution in [0.25, 0.3) is 0 Å². The molecule has 0 amide bonds. The number of nitrogens with one attached hydrogen (secondary N) is 1. The van der Waals surface area contributed by atoms with E-state index in [0.717, 1.165) is 12.5 Å². The van der Waals surface area contributed by atoms with Gasteiger partial charge in [-0.3, -0.25) is 0 Å². The maximum Gasteiger partial charge on any atom is 0.433 e. The predicted molar refractivity (Wildman–Crippen MR) is 130 cm³/mol. The molecule has 0 saturated carbocycles. The molecule has 1 fully saturated rings.